The number of nitrogens with zero attached hydrogens (tertiary/aromatic N) is 1. The molecule has 1 amide bonds. The Morgan fingerprint density at radius 3 is 2.65 bits per heavy atom. The second-order valence-electron chi connectivity index (χ2n) is 4.22. The molecule has 0 radical (unpaired) electrons. The number of nitro benzene ring substituents is 1. The monoisotopic (exact) mass is 382 g/mol. The van der Waals surface area contributed by atoms with Crippen LogP contribution in [0.15, 0.2) is 42.5 Å². The molecule has 0 aromatic heterocycles. The van der Waals surface area contributed by atoms with E-state index in [1.54, 1.807) is 25.1 Å². The molecule has 6 heteroatoms. The third kappa shape index (κ3) is 3.32. The molecule has 102 valence electrons. The van der Waals surface area contributed by atoms with Crippen LogP contribution in [-0.4, -0.2) is 10.8 Å². The molecule has 0 atom stereocenters. The maximum Gasteiger partial charge on any atom is 0.273 e. The lowest BCUT2D eigenvalue weighted by molar-refractivity contribution is -0.385. The molecule has 0 aliphatic carbocycles. The van der Waals surface area contributed by atoms with Crippen LogP contribution in [0, 0.1) is 20.6 Å². The molecule has 0 spiro atoms. The largest absolute Gasteiger partial charge is 0.322 e. The highest BCUT2D eigenvalue weighted by molar-refractivity contribution is 14.1. The summed E-state index contributed by atoms with van der Waals surface area (Å²) in [5.74, 6) is -0.366. The molecule has 2 aromatic carbocycles. The lowest BCUT2D eigenvalue weighted by Gasteiger charge is -2.06. The van der Waals surface area contributed by atoms with Crippen molar-refractivity contribution in [3.8, 4) is 0 Å². The molecule has 5 nitrogen and oxygen atoms in total. The Hall–Kier alpha value is -1.96. The summed E-state index contributed by atoms with van der Waals surface area (Å²) >= 11 is 2.14. The third-order valence-electron chi connectivity index (χ3n) is 2.75. The van der Waals surface area contributed by atoms with E-state index >= 15 is 0 Å². The highest BCUT2D eigenvalue weighted by Gasteiger charge is 2.15. The van der Waals surface area contributed by atoms with Crippen molar-refractivity contribution in [2.24, 2.45) is 0 Å². The number of rotatable bonds is 3. The fourth-order valence-corrected chi connectivity index (χ4v) is 2.26. The van der Waals surface area contributed by atoms with Crippen molar-refractivity contribution >= 4 is 39.9 Å². The number of hydrogen-bond donors (Lipinski definition) is 1. The molecule has 0 aliphatic heterocycles. The van der Waals surface area contributed by atoms with E-state index < -0.39 is 4.92 Å². The maximum absolute atomic E-state index is 12.1. The molecule has 0 unspecified atom stereocenters. The Morgan fingerprint density at radius 2 is 2.00 bits per heavy atom. The predicted octanol–water partition coefficient (Wildman–Crippen LogP) is 3.76. The van der Waals surface area contributed by atoms with E-state index in [0.717, 1.165) is 3.57 Å². The number of carbonyl (C=O) groups excluding carboxylic acids is 1. The van der Waals surface area contributed by atoms with Gasteiger partial charge in [0.1, 0.15) is 0 Å². The van der Waals surface area contributed by atoms with E-state index in [1.165, 1.54) is 6.07 Å². The summed E-state index contributed by atoms with van der Waals surface area (Å²) < 4.78 is 0.996. The Bertz CT molecular complexity index is 686. The Morgan fingerprint density at radius 1 is 1.25 bits per heavy atom. The summed E-state index contributed by atoms with van der Waals surface area (Å²) in [6.45, 7) is 1.64. The van der Waals surface area contributed by atoms with Gasteiger partial charge in [-0.2, -0.15) is 0 Å². The van der Waals surface area contributed by atoms with Gasteiger partial charge in [-0.05, 0) is 53.8 Å². The standard InChI is InChI=1S/C14H11IN2O3/c1-9-5-6-10(7-13(9)17(19)20)14(18)16-12-4-2-3-11(15)8-12/h2-8H,1H3,(H,16,18). The van der Waals surface area contributed by atoms with E-state index in [9.17, 15) is 14.9 Å². The predicted molar refractivity (Wildman–Crippen MR) is 84.9 cm³/mol. The number of amides is 1. The highest BCUT2D eigenvalue weighted by atomic mass is 127. The average molecular weight is 382 g/mol. The third-order valence-corrected chi connectivity index (χ3v) is 3.42. The summed E-state index contributed by atoms with van der Waals surface area (Å²) in [7, 11) is 0. The first-order chi connectivity index (χ1) is 9.47. The molecular weight excluding hydrogens is 371 g/mol. The van der Waals surface area contributed by atoms with Gasteiger partial charge in [0.15, 0.2) is 0 Å². The number of anilines is 1. The Kier molecular flexibility index (Phi) is 4.33. The molecule has 20 heavy (non-hydrogen) atoms. The van der Waals surface area contributed by atoms with Crippen LogP contribution in [0.3, 0.4) is 0 Å². The van der Waals surface area contributed by atoms with Crippen molar-refractivity contribution in [2.75, 3.05) is 5.32 Å². The molecule has 1 N–H and O–H groups in total. The second-order valence-corrected chi connectivity index (χ2v) is 5.47. The van der Waals surface area contributed by atoms with Crippen LogP contribution < -0.4 is 5.32 Å². The van der Waals surface area contributed by atoms with Gasteiger partial charge < -0.3 is 5.32 Å². The number of aryl methyl sites for hydroxylation is 1. The molecule has 0 heterocycles. The van der Waals surface area contributed by atoms with Gasteiger partial charge in [-0.25, -0.2) is 0 Å². The number of hydrogen-bond acceptors (Lipinski definition) is 3. The minimum absolute atomic E-state index is 0.0553. The minimum atomic E-state index is -0.489. The van der Waals surface area contributed by atoms with E-state index in [0.29, 0.717) is 11.3 Å². The molecule has 0 saturated heterocycles. The summed E-state index contributed by atoms with van der Waals surface area (Å²) in [4.78, 5) is 22.5. The molecule has 0 bridgehead atoms. The Labute approximate surface area is 129 Å². The molecule has 0 fully saturated rings. The van der Waals surface area contributed by atoms with Crippen LogP contribution in [0.2, 0.25) is 0 Å². The van der Waals surface area contributed by atoms with Gasteiger partial charge in [-0.1, -0.05) is 12.1 Å². The Balaban J connectivity index is 2.26. The molecule has 0 saturated carbocycles. The first-order valence-corrected chi connectivity index (χ1v) is 6.87. The van der Waals surface area contributed by atoms with Crippen LogP contribution in [0.4, 0.5) is 11.4 Å². The topological polar surface area (TPSA) is 72.2 Å². The summed E-state index contributed by atoms with van der Waals surface area (Å²) in [5.41, 5.74) is 1.40. The molecular formula is C14H11IN2O3. The number of nitro groups is 1. The van der Waals surface area contributed by atoms with Gasteiger partial charge in [0.25, 0.3) is 11.6 Å². The summed E-state index contributed by atoms with van der Waals surface area (Å²) in [5, 5.41) is 13.6. The lowest BCUT2D eigenvalue weighted by Crippen LogP contribution is -2.12. The smallest absolute Gasteiger partial charge is 0.273 e. The van der Waals surface area contributed by atoms with Crippen LogP contribution in [-0.2, 0) is 0 Å². The van der Waals surface area contributed by atoms with Crippen molar-refractivity contribution in [2.45, 2.75) is 6.92 Å². The van der Waals surface area contributed by atoms with Gasteiger partial charge in [-0.3, -0.25) is 14.9 Å². The van der Waals surface area contributed by atoms with Crippen molar-refractivity contribution in [3.05, 3.63) is 67.3 Å². The van der Waals surface area contributed by atoms with Crippen LogP contribution >= 0.6 is 22.6 Å². The van der Waals surface area contributed by atoms with E-state index in [2.05, 4.69) is 27.9 Å². The first kappa shape index (κ1) is 14.4. The van der Waals surface area contributed by atoms with Crippen LogP contribution in [0.5, 0.6) is 0 Å². The number of carbonyl (C=O) groups is 1. The van der Waals surface area contributed by atoms with Gasteiger partial charge in [-0.15, -0.1) is 0 Å². The fourth-order valence-electron chi connectivity index (χ4n) is 1.72. The molecule has 2 aromatic rings. The second kappa shape index (κ2) is 6.00. The van der Waals surface area contributed by atoms with E-state index in [1.807, 2.05) is 18.2 Å². The minimum Gasteiger partial charge on any atom is -0.322 e. The average Bonchev–Trinajstić information content (AvgIpc) is 2.38. The van der Waals surface area contributed by atoms with Crippen molar-refractivity contribution < 1.29 is 9.72 Å². The lowest BCUT2D eigenvalue weighted by atomic mass is 10.1. The van der Waals surface area contributed by atoms with E-state index in [4.69, 9.17) is 0 Å². The van der Waals surface area contributed by atoms with Gasteiger partial charge >= 0.3 is 0 Å². The zero-order valence-corrected chi connectivity index (χ0v) is 12.7. The van der Waals surface area contributed by atoms with Gasteiger partial charge in [0.05, 0.1) is 4.92 Å². The number of benzene rings is 2. The van der Waals surface area contributed by atoms with Crippen molar-refractivity contribution in [1.82, 2.24) is 0 Å². The summed E-state index contributed by atoms with van der Waals surface area (Å²) in [6, 6.07) is 11.8. The quantitative estimate of drug-likeness (QED) is 0.499. The van der Waals surface area contributed by atoms with Crippen molar-refractivity contribution in [3.63, 3.8) is 0 Å². The number of nitrogens with one attached hydrogen (secondary N) is 1. The normalized spacial score (nSPS) is 10.1. The molecule has 0 aliphatic rings. The maximum atomic E-state index is 12.1. The summed E-state index contributed by atoms with van der Waals surface area (Å²) in [6.07, 6.45) is 0. The fraction of sp³-hybridized carbons (Fsp3) is 0.0714. The SMILES string of the molecule is Cc1ccc(C(=O)Nc2cccc(I)c2)cc1[N+](=O)[O-]. The highest BCUT2D eigenvalue weighted by Crippen LogP contribution is 2.20. The molecule has 2 rings (SSSR count). The van der Waals surface area contributed by atoms with Crippen LogP contribution in [0.25, 0.3) is 0 Å². The first-order valence-electron chi connectivity index (χ1n) is 5.79. The number of halogens is 1. The van der Waals surface area contributed by atoms with Crippen molar-refractivity contribution in [1.29, 1.82) is 0 Å². The van der Waals surface area contributed by atoms with Gasteiger partial charge in [0, 0.05) is 26.5 Å². The van der Waals surface area contributed by atoms with Crippen LogP contribution in [0.1, 0.15) is 15.9 Å². The van der Waals surface area contributed by atoms with Gasteiger partial charge in [0.2, 0.25) is 0 Å². The van der Waals surface area contributed by atoms with E-state index in [-0.39, 0.29) is 17.2 Å². The zero-order chi connectivity index (χ0) is 14.7. The zero-order valence-electron chi connectivity index (χ0n) is 10.6.